The van der Waals surface area contributed by atoms with Crippen molar-refractivity contribution >= 4 is 10.0 Å². The van der Waals surface area contributed by atoms with E-state index in [-0.39, 0.29) is 11.4 Å². The molecular formula is C14H23FN2O2S. The molecule has 0 saturated carbocycles. The molecule has 1 aromatic rings. The molecule has 0 fully saturated rings. The van der Waals surface area contributed by atoms with Gasteiger partial charge in [-0.25, -0.2) is 12.8 Å². The van der Waals surface area contributed by atoms with Crippen molar-refractivity contribution in [2.75, 3.05) is 13.1 Å². The minimum atomic E-state index is -3.68. The second-order valence-electron chi connectivity index (χ2n) is 4.76. The van der Waals surface area contributed by atoms with E-state index in [1.54, 1.807) is 6.92 Å². The number of nitrogens with zero attached hydrogens (tertiary/aromatic N) is 1. The summed E-state index contributed by atoms with van der Waals surface area (Å²) >= 11 is 0. The third kappa shape index (κ3) is 3.02. The molecule has 114 valence electrons. The highest BCUT2D eigenvalue weighted by Gasteiger charge is 2.39. The number of hydrogen-bond donors (Lipinski definition) is 1. The highest BCUT2D eigenvalue weighted by Crippen LogP contribution is 2.29. The Hall–Kier alpha value is -0.980. The molecule has 0 aromatic heterocycles. The summed E-state index contributed by atoms with van der Waals surface area (Å²) in [4.78, 5) is 0.0977. The smallest absolute Gasteiger partial charge is 0.243 e. The predicted molar refractivity (Wildman–Crippen MR) is 78.3 cm³/mol. The molecule has 0 amide bonds. The van der Waals surface area contributed by atoms with Crippen LogP contribution in [0.2, 0.25) is 0 Å². The van der Waals surface area contributed by atoms with Gasteiger partial charge in [0.15, 0.2) is 0 Å². The minimum Gasteiger partial charge on any atom is -0.329 e. The summed E-state index contributed by atoms with van der Waals surface area (Å²) in [5, 5.41) is 0. The standard InChI is InChI=1S/C14H23FN2O2S/c1-4-14(5-2,11-16)17(6-3)20(18,19)13-9-7-12(15)8-10-13/h7-10H,4-6,11,16H2,1-3H3. The first-order valence-electron chi connectivity index (χ1n) is 6.86. The molecule has 1 rings (SSSR count). The van der Waals surface area contributed by atoms with Crippen molar-refractivity contribution < 1.29 is 12.8 Å². The van der Waals surface area contributed by atoms with Crippen LogP contribution in [0.25, 0.3) is 0 Å². The van der Waals surface area contributed by atoms with Gasteiger partial charge in [-0.05, 0) is 37.1 Å². The summed E-state index contributed by atoms with van der Waals surface area (Å²) in [6, 6.07) is 4.89. The van der Waals surface area contributed by atoms with Gasteiger partial charge in [0, 0.05) is 18.6 Å². The Morgan fingerprint density at radius 2 is 1.65 bits per heavy atom. The minimum absolute atomic E-state index is 0.0977. The number of hydrogen-bond acceptors (Lipinski definition) is 3. The van der Waals surface area contributed by atoms with Crippen molar-refractivity contribution in [3.8, 4) is 0 Å². The Morgan fingerprint density at radius 3 is 2.00 bits per heavy atom. The van der Waals surface area contributed by atoms with Gasteiger partial charge in [0.25, 0.3) is 0 Å². The maximum atomic E-state index is 13.0. The van der Waals surface area contributed by atoms with E-state index in [0.717, 1.165) is 12.1 Å². The summed E-state index contributed by atoms with van der Waals surface area (Å²) in [6.45, 7) is 6.24. The summed E-state index contributed by atoms with van der Waals surface area (Å²) < 4.78 is 39.9. The fourth-order valence-corrected chi connectivity index (χ4v) is 4.40. The Balaban J connectivity index is 3.32. The van der Waals surface area contributed by atoms with Crippen LogP contribution in [-0.2, 0) is 10.0 Å². The number of benzene rings is 1. The highest BCUT2D eigenvalue weighted by atomic mass is 32.2. The Morgan fingerprint density at radius 1 is 1.15 bits per heavy atom. The van der Waals surface area contributed by atoms with Crippen molar-refractivity contribution in [1.82, 2.24) is 4.31 Å². The van der Waals surface area contributed by atoms with Crippen LogP contribution in [0.1, 0.15) is 33.6 Å². The van der Waals surface area contributed by atoms with Crippen LogP contribution in [0.3, 0.4) is 0 Å². The van der Waals surface area contributed by atoms with Crippen molar-refractivity contribution in [2.45, 2.75) is 44.0 Å². The molecule has 0 heterocycles. The molecule has 2 N–H and O–H groups in total. The number of sulfonamides is 1. The van der Waals surface area contributed by atoms with Gasteiger partial charge in [-0.2, -0.15) is 4.31 Å². The fraction of sp³-hybridized carbons (Fsp3) is 0.571. The maximum absolute atomic E-state index is 13.0. The van der Waals surface area contributed by atoms with Gasteiger partial charge in [-0.3, -0.25) is 0 Å². The number of rotatable bonds is 7. The number of halogens is 1. The lowest BCUT2D eigenvalue weighted by molar-refractivity contribution is 0.184. The van der Waals surface area contributed by atoms with Crippen molar-refractivity contribution in [2.24, 2.45) is 5.73 Å². The number of nitrogens with two attached hydrogens (primary N) is 1. The van der Waals surface area contributed by atoms with Gasteiger partial charge in [0.05, 0.1) is 4.90 Å². The zero-order chi connectivity index (χ0) is 15.4. The molecule has 1 aromatic carbocycles. The molecule has 0 atom stereocenters. The molecule has 20 heavy (non-hydrogen) atoms. The quantitative estimate of drug-likeness (QED) is 0.841. The zero-order valence-corrected chi connectivity index (χ0v) is 13.1. The van der Waals surface area contributed by atoms with Crippen LogP contribution in [0.15, 0.2) is 29.2 Å². The van der Waals surface area contributed by atoms with Gasteiger partial charge in [0.2, 0.25) is 10.0 Å². The van der Waals surface area contributed by atoms with Gasteiger partial charge in [0.1, 0.15) is 5.82 Å². The molecule has 0 aliphatic heterocycles. The fourth-order valence-electron chi connectivity index (χ4n) is 2.49. The van der Waals surface area contributed by atoms with Gasteiger partial charge in [-0.1, -0.05) is 20.8 Å². The first kappa shape index (κ1) is 17.1. The Bertz CT molecular complexity index is 516. The molecule has 4 nitrogen and oxygen atoms in total. The second kappa shape index (κ2) is 6.65. The van der Waals surface area contributed by atoms with E-state index in [1.807, 2.05) is 13.8 Å². The van der Waals surface area contributed by atoms with Crippen LogP contribution in [-0.4, -0.2) is 31.4 Å². The van der Waals surface area contributed by atoms with Gasteiger partial charge in [-0.15, -0.1) is 0 Å². The molecule has 0 saturated heterocycles. The SMILES string of the molecule is CCN(C(CC)(CC)CN)S(=O)(=O)c1ccc(F)cc1. The molecule has 0 bridgehead atoms. The number of likely N-dealkylation sites (N-methyl/N-ethyl adjacent to an activating group) is 1. The average Bonchev–Trinajstić information content (AvgIpc) is 2.45. The van der Waals surface area contributed by atoms with E-state index in [0.29, 0.717) is 19.4 Å². The summed E-state index contributed by atoms with van der Waals surface area (Å²) in [7, 11) is -3.68. The molecule has 6 heteroatoms. The van der Waals surface area contributed by atoms with Gasteiger partial charge >= 0.3 is 0 Å². The van der Waals surface area contributed by atoms with E-state index < -0.39 is 21.4 Å². The van der Waals surface area contributed by atoms with E-state index in [4.69, 9.17) is 5.73 Å². The van der Waals surface area contributed by atoms with Crippen LogP contribution in [0.5, 0.6) is 0 Å². The summed E-state index contributed by atoms with van der Waals surface area (Å²) in [6.07, 6.45) is 1.27. The second-order valence-corrected chi connectivity index (χ2v) is 6.62. The molecule has 0 aliphatic rings. The Kier molecular flexibility index (Phi) is 5.68. The van der Waals surface area contributed by atoms with E-state index in [1.165, 1.54) is 16.4 Å². The molecule has 0 aliphatic carbocycles. The topological polar surface area (TPSA) is 63.4 Å². The van der Waals surface area contributed by atoms with Crippen LogP contribution in [0, 0.1) is 5.82 Å². The largest absolute Gasteiger partial charge is 0.329 e. The third-order valence-electron chi connectivity index (χ3n) is 3.91. The van der Waals surface area contributed by atoms with E-state index in [2.05, 4.69) is 0 Å². The molecule has 0 unspecified atom stereocenters. The van der Waals surface area contributed by atoms with Crippen molar-refractivity contribution in [3.63, 3.8) is 0 Å². The molecular weight excluding hydrogens is 279 g/mol. The predicted octanol–water partition coefficient (Wildman–Crippen LogP) is 2.35. The normalized spacial score (nSPS) is 12.9. The summed E-state index contributed by atoms with van der Waals surface area (Å²) in [5.41, 5.74) is 5.24. The van der Waals surface area contributed by atoms with Crippen LogP contribution in [0.4, 0.5) is 4.39 Å². The lowest BCUT2D eigenvalue weighted by atomic mass is 9.93. The first-order chi connectivity index (χ1) is 9.37. The van der Waals surface area contributed by atoms with Gasteiger partial charge < -0.3 is 5.73 Å². The monoisotopic (exact) mass is 302 g/mol. The van der Waals surface area contributed by atoms with E-state index >= 15 is 0 Å². The first-order valence-corrected chi connectivity index (χ1v) is 8.30. The van der Waals surface area contributed by atoms with Crippen LogP contribution < -0.4 is 5.73 Å². The maximum Gasteiger partial charge on any atom is 0.243 e. The zero-order valence-electron chi connectivity index (χ0n) is 12.3. The lowest BCUT2D eigenvalue weighted by Crippen LogP contribution is -2.55. The highest BCUT2D eigenvalue weighted by molar-refractivity contribution is 7.89. The van der Waals surface area contributed by atoms with Crippen LogP contribution >= 0.6 is 0 Å². The third-order valence-corrected chi connectivity index (χ3v) is 6.01. The lowest BCUT2D eigenvalue weighted by Gasteiger charge is -2.40. The Labute approximate surface area is 120 Å². The van der Waals surface area contributed by atoms with Crippen molar-refractivity contribution in [1.29, 1.82) is 0 Å². The summed E-state index contributed by atoms with van der Waals surface area (Å²) in [5.74, 6) is -0.455. The molecule has 0 radical (unpaired) electrons. The average molecular weight is 302 g/mol. The van der Waals surface area contributed by atoms with E-state index in [9.17, 15) is 12.8 Å². The molecule has 0 spiro atoms. The van der Waals surface area contributed by atoms with Crippen molar-refractivity contribution in [3.05, 3.63) is 30.1 Å².